The zero-order chi connectivity index (χ0) is 24.3. The van der Waals surface area contributed by atoms with Crippen LogP contribution in [0.15, 0.2) is 0 Å². The summed E-state index contributed by atoms with van der Waals surface area (Å²) in [6.07, 6.45) is 25.8. The first kappa shape index (κ1) is 28.5. The topological polar surface area (TPSA) is 40.5 Å². The first-order valence-corrected chi connectivity index (χ1v) is 15.8. The fourth-order valence-corrected chi connectivity index (χ4v) is 7.86. The molecule has 200 valence electrons. The molecule has 2 unspecified atom stereocenters. The fraction of sp³-hybridized carbons (Fsp3) is 1.00. The van der Waals surface area contributed by atoms with Crippen LogP contribution in [0.5, 0.6) is 0 Å². The van der Waals surface area contributed by atoms with E-state index in [1.807, 2.05) is 0 Å². The van der Waals surface area contributed by atoms with Crippen molar-refractivity contribution in [2.24, 2.45) is 41.4 Å². The molecule has 0 aromatic heterocycles. The van der Waals surface area contributed by atoms with E-state index < -0.39 is 0 Å². The smallest absolute Gasteiger partial charge is 0.0571 e. The minimum absolute atomic E-state index is 0.109. The Morgan fingerprint density at radius 2 is 1.35 bits per heavy atom. The van der Waals surface area contributed by atoms with E-state index in [0.29, 0.717) is 17.8 Å². The maximum atomic E-state index is 11.0. The Morgan fingerprint density at radius 1 is 0.735 bits per heavy atom. The molecular weight excluding hydrogens is 416 g/mol. The first-order chi connectivity index (χ1) is 16.4. The Balaban J connectivity index is 1.31. The third kappa shape index (κ3) is 9.76. The van der Waals surface area contributed by atoms with Crippen LogP contribution in [0.1, 0.15) is 149 Å². The first-order valence-electron chi connectivity index (χ1n) is 15.8. The zero-order valence-electron chi connectivity index (χ0n) is 23.2. The van der Waals surface area contributed by atoms with Crippen molar-refractivity contribution in [3.05, 3.63) is 0 Å². The predicted molar refractivity (Wildman–Crippen MR) is 146 cm³/mol. The lowest BCUT2D eigenvalue weighted by Gasteiger charge is -2.34. The van der Waals surface area contributed by atoms with Crippen molar-refractivity contribution in [3.63, 3.8) is 0 Å². The molecule has 3 saturated carbocycles. The van der Waals surface area contributed by atoms with Gasteiger partial charge >= 0.3 is 0 Å². The van der Waals surface area contributed by atoms with Crippen molar-refractivity contribution in [2.75, 3.05) is 0 Å². The molecule has 34 heavy (non-hydrogen) atoms. The van der Waals surface area contributed by atoms with E-state index >= 15 is 0 Å². The molecule has 2 heteroatoms. The van der Waals surface area contributed by atoms with Crippen LogP contribution in [-0.2, 0) is 0 Å². The van der Waals surface area contributed by atoms with Gasteiger partial charge in [0.1, 0.15) is 0 Å². The minimum atomic E-state index is -0.111. The average molecular weight is 477 g/mol. The third-order valence-corrected chi connectivity index (χ3v) is 10.7. The summed E-state index contributed by atoms with van der Waals surface area (Å²) in [6, 6.07) is 0. The SMILES string of the molecule is CC[C@H](C)C(CCC[C@@H](O)CC1CCC(CC2CCCCC2)CC1)CC(O)C1CCC(C)CC1. The van der Waals surface area contributed by atoms with E-state index in [1.54, 1.807) is 0 Å². The van der Waals surface area contributed by atoms with Gasteiger partial charge in [0.2, 0.25) is 0 Å². The van der Waals surface area contributed by atoms with Gasteiger partial charge in [-0.25, -0.2) is 0 Å². The second-order valence-corrected chi connectivity index (χ2v) is 13.4. The molecule has 0 amide bonds. The lowest BCUT2D eigenvalue weighted by Crippen LogP contribution is -2.29. The second kappa shape index (κ2) is 15.2. The van der Waals surface area contributed by atoms with Crippen molar-refractivity contribution in [1.82, 2.24) is 0 Å². The average Bonchev–Trinajstić information content (AvgIpc) is 2.85. The molecule has 3 fully saturated rings. The molecule has 0 spiro atoms. The van der Waals surface area contributed by atoms with Gasteiger partial charge in [0.25, 0.3) is 0 Å². The summed E-state index contributed by atoms with van der Waals surface area (Å²) in [5, 5.41) is 21.8. The molecule has 3 rings (SSSR count). The number of rotatable bonds is 13. The van der Waals surface area contributed by atoms with Gasteiger partial charge in [-0.15, -0.1) is 0 Å². The van der Waals surface area contributed by atoms with Crippen molar-refractivity contribution in [3.8, 4) is 0 Å². The summed E-state index contributed by atoms with van der Waals surface area (Å²) in [4.78, 5) is 0. The normalized spacial score (nSPS) is 32.7. The highest BCUT2D eigenvalue weighted by Gasteiger charge is 2.29. The number of hydrogen-bond acceptors (Lipinski definition) is 2. The van der Waals surface area contributed by atoms with E-state index in [2.05, 4.69) is 20.8 Å². The van der Waals surface area contributed by atoms with Crippen molar-refractivity contribution in [1.29, 1.82) is 0 Å². The summed E-state index contributed by atoms with van der Waals surface area (Å²) >= 11 is 0. The van der Waals surface area contributed by atoms with Crippen molar-refractivity contribution in [2.45, 2.75) is 161 Å². The van der Waals surface area contributed by atoms with E-state index in [1.165, 1.54) is 103 Å². The molecule has 0 aromatic carbocycles. The largest absolute Gasteiger partial charge is 0.393 e. The van der Waals surface area contributed by atoms with Crippen LogP contribution < -0.4 is 0 Å². The molecule has 0 aromatic rings. The van der Waals surface area contributed by atoms with Gasteiger partial charge in [-0.05, 0) is 80.0 Å². The molecule has 0 radical (unpaired) electrons. The quantitative estimate of drug-likeness (QED) is 0.278. The van der Waals surface area contributed by atoms with Gasteiger partial charge in [0.05, 0.1) is 12.2 Å². The van der Waals surface area contributed by atoms with Gasteiger partial charge < -0.3 is 10.2 Å². The summed E-state index contributed by atoms with van der Waals surface area (Å²) in [7, 11) is 0. The van der Waals surface area contributed by atoms with Gasteiger partial charge in [-0.1, -0.05) is 111 Å². The van der Waals surface area contributed by atoms with Crippen LogP contribution in [-0.4, -0.2) is 22.4 Å². The Hall–Kier alpha value is -0.0800. The Morgan fingerprint density at radius 3 is 2.00 bits per heavy atom. The number of aliphatic hydroxyl groups is 2. The van der Waals surface area contributed by atoms with Gasteiger partial charge in [0.15, 0.2) is 0 Å². The van der Waals surface area contributed by atoms with E-state index in [9.17, 15) is 10.2 Å². The summed E-state index contributed by atoms with van der Waals surface area (Å²) in [5.74, 6) is 5.43. The van der Waals surface area contributed by atoms with E-state index in [0.717, 1.165) is 49.4 Å². The predicted octanol–water partition coefficient (Wildman–Crippen LogP) is 8.92. The van der Waals surface area contributed by atoms with E-state index in [-0.39, 0.29) is 12.2 Å². The van der Waals surface area contributed by atoms with E-state index in [4.69, 9.17) is 0 Å². The van der Waals surface area contributed by atoms with Crippen LogP contribution in [0.25, 0.3) is 0 Å². The molecule has 4 atom stereocenters. The summed E-state index contributed by atoms with van der Waals surface area (Å²) < 4.78 is 0. The molecular formula is C32H60O2. The van der Waals surface area contributed by atoms with Crippen molar-refractivity contribution < 1.29 is 10.2 Å². The van der Waals surface area contributed by atoms with Gasteiger partial charge in [-0.2, -0.15) is 0 Å². The van der Waals surface area contributed by atoms with Crippen LogP contribution in [0.2, 0.25) is 0 Å². The van der Waals surface area contributed by atoms with Crippen LogP contribution in [0.3, 0.4) is 0 Å². The lowest BCUT2D eigenvalue weighted by atomic mass is 9.73. The van der Waals surface area contributed by atoms with Crippen molar-refractivity contribution >= 4 is 0 Å². The molecule has 3 aliphatic rings. The maximum Gasteiger partial charge on any atom is 0.0571 e. The Bertz CT molecular complexity index is 511. The molecule has 2 nitrogen and oxygen atoms in total. The minimum Gasteiger partial charge on any atom is -0.393 e. The molecule has 3 aliphatic carbocycles. The highest BCUT2D eigenvalue weighted by molar-refractivity contribution is 4.81. The standard InChI is InChI=1S/C32H60O2/c1-4-25(3)30(23-32(34)29-19-13-24(2)14-20-29)11-8-12-31(33)22-28-17-15-27(16-18-28)21-26-9-6-5-7-10-26/h24-34H,4-23H2,1-3H3/t24?,25-,27?,28?,29?,30?,31+,32?/m0/s1. The highest BCUT2D eigenvalue weighted by atomic mass is 16.3. The number of aliphatic hydroxyl groups excluding tert-OH is 2. The molecule has 2 N–H and O–H groups in total. The summed E-state index contributed by atoms with van der Waals surface area (Å²) in [5.41, 5.74) is 0. The van der Waals surface area contributed by atoms with Gasteiger partial charge in [-0.3, -0.25) is 0 Å². The van der Waals surface area contributed by atoms with Gasteiger partial charge in [0, 0.05) is 0 Å². The molecule has 0 saturated heterocycles. The molecule has 0 aliphatic heterocycles. The zero-order valence-corrected chi connectivity index (χ0v) is 23.2. The maximum absolute atomic E-state index is 11.0. The Kier molecular flexibility index (Phi) is 12.8. The Labute approximate surface area is 213 Å². The summed E-state index contributed by atoms with van der Waals surface area (Å²) in [6.45, 7) is 7.04. The van der Waals surface area contributed by atoms with Crippen LogP contribution in [0, 0.1) is 41.4 Å². The highest BCUT2D eigenvalue weighted by Crippen LogP contribution is 2.39. The number of hydrogen-bond donors (Lipinski definition) is 2. The lowest BCUT2D eigenvalue weighted by molar-refractivity contribution is 0.0430. The molecule has 0 heterocycles. The van der Waals surface area contributed by atoms with Crippen LogP contribution >= 0.6 is 0 Å². The fourth-order valence-electron chi connectivity index (χ4n) is 7.86. The monoisotopic (exact) mass is 476 g/mol. The second-order valence-electron chi connectivity index (χ2n) is 13.4. The third-order valence-electron chi connectivity index (χ3n) is 10.7. The van der Waals surface area contributed by atoms with Crippen LogP contribution in [0.4, 0.5) is 0 Å². The molecule has 0 bridgehead atoms.